The Bertz CT molecular complexity index is 944. The first-order valence-corrected chi connectivity index (χ1v) is 9.87. The van der Waals surface area contributed by atoms with Gasteiger partial charge in [-0.3, -0.25) is 4.79 Å². The van der Waals surface area contributed by atoms with Gasteiger partial charge in [0.25, 0.3) is 0 Å². The molecule has 0 spiro atoms. The fourth-order valence-corrected chi connectivity index (χ4v) is 3.35. The molecule has 1 atom stereocenters. The summed E-state index contributed by atoms with van der Waals surface area (Å²) in [5.74, 6) is 7.40. The Morgan fingerprint density at radius 1 is 1.21 bits per heavy atom. The molecule has 1 aromatic heterocycles. The molecule has 28 heavy (non-hydrogen) atoms. The lowest BCUT2D eigenvalue weighted by Crippen LogP contribution is -2.28. The van der Waals surface area contributed by atoms with Crippen LogP contribution in [0.3, 0.4) is 0 Å². The lowest BCUT2D eigenvalue weighted by Gasteiger charge is -2.14. The molecule has 0 radical (unpaired) electrons. The third-order valence-corrected chi connectivity index (χ3v) is 5.29. The van der Waals surface area contributed by atoms with Gasteiger partial charge in [-0.1, -0.05) is 35.5 Å². The van der Waals surface area contributed by atoms with Gasteiger partial charge in [-0.05, 0) is 48.9 Å². The molecule has 0 unspecified atom stereocenters. The molecule has 0 saturated carbocycles. The first-order chi connectivity index (χ1) is 13.5. The molecule has 0 fully saturated rings. The number of benzene rings is 2. The quantitative estimate of drug-likeness (QED) is 0.452. The minimum atomic E-state index is -0.129. The summed E-state index contributed by atoms with van der Waals surface area (Å²) < 4.78 is 6.52. The molecule has 0 aliphatic carbocycles. The minimum Gasteiger partial charge on any atom is -0.497 e. The number of thioether (sulfide) groups is 1. The summed E-state index contributed by atoms with van der Waals surface area (Å²) >= 11 is 7.12. The van der Waals surface area contributed by atoms with Gasteiger partial charge in [0, 0.05) is 10.6 Å². The van der Waals surface area contributed by atoms with E-state index in [0.29, 0.717) is 16.0 Å². The summed E-state index contributed by atoms with van der Waals surface area (Å²) in [6.45, 7) is 1.92. The average molecular weight is 418 g/mol. The van der Waals surface area contributed by atoms with Gasteiger partial charge in [-0.15, -0.1) is 10.2 Å². The van der Waals surface area contributed by atoms with Crippen LogP contribution in [0.2, 0.25) is 5.02 Å². The highest BCUT2D eigenvalue weighted by molar-refractivity contribution is 7.99. The molecule has 3 aromatic rings. The van der Waals surface area contributed by atoms with Crippen LogP contribution in [0.15, 0.2) is 53.7 Å². The summed E-state index contributed by atoms with van der Waals surface area (Å²) in [4.78, 5) is 12.3. The predicted molar refractivity (Wildman–Crippen MR) is 111 cm³/mol. The third kappa shape index (κ3) is 4.76. The number of carbonyl (C=O) groups is 1. The number of nitrogen functional groups attached to an aromatic ring is 1. The maximum absolute atomic E-state index is 12.3. The molecular formula is C19H20ClN5O2S. The highest BCUT2D eigenvalue weighted by atomic mass is 35.5. The van der Waals surface area contributed by atoms with Crippen molar-refractivity contribution in [2.24, 2.45) is 0 Å². The maximum atomic E-state index is 12.3. The van der Waals surface area contributed by atoms with Crippen LogP contribution in [0.25, 0.3) is 11.4 Å². The van der Waals surface area contributed by atoms with Crippen LogP contribution in [0.4, 0.5) is 0 Å². The average Bonchev–Trinajstić information content (AvgIpc) is 3.07. The van der Waals surface area contributed by atoms with Gasteiger partial charge in [0.1, 0.15) is 5.75 Å². The van der Waals surface area contributed by atoms with Crippen molar-refractivity contribution in [1.82, 2.24) is 20.2 Å². The van der Waals surface area contributed by atoms with Gasteiger partial charge in [0.2, 0.25) is 11.1 Å². The Hall–Kier alpha value is -2.71. The second-order valence-corrected chi connectivity index (χ2v) is 7.41. The molecule has 3 rings (SSSR count). The van der Waals surface area contributed by atoms with E-state index in [9.17, 15) is 4.79 Å². The van der Waals surface area contributed by atoms with Crippen LogP contribution < -0.4 is 15.9 Å². The number of halogens is 1. The third-order valence-electron chi connectivity index (χ3n) is 4.09. The second-order valence-electron chi connectivity index (χ2n) is 6.03. The SMILES string of the molecule is COc1ccc(-c2nnc(SCC(=O)N[C@@H](C)c3ccc(Cl)cc3)n2N)cc1. The summed E-state index contributed by atoms with van der Waals surface area (Å²) in [5.41, 5.74) is 1.79. The van der Waals surface area contributed by atoms with Crippen LogP contribution in [-0.4, -0.2) is 33.6 Å². The van der Waals surface area contributed by atoms with Crippen molar-refractivity contribution in [3.8, 4) is 17.1 Å². The predicted octanol–water partition coefficient (Wildman–Crippen LogP) is 3.29. The monoisotopic (exact) mass is 417 g/mol. The number of ether oxygens (including phenoxy) is 1. The van der Waals surface area contributed by atoms with E-state index in [1.54, 1.807) is 19.2 Å². The first kappa shape index (κ1) is 20.0. The summed E-state index contributed by atoms with van der Waals surface area (Å²) in [6, 6.07) is 14.6. The Morgan fingerprint density at radius 2 is 1.89 bits per heavy atom. The van der Waals surface area contributed by atoms with Crippen LogP contribution in [0.5, 0.6) is 5.75 Å². The zero-order valence-electron chi connectivity index (χ0n) is 15.4. The van der Waals surface area contributed by atoms with Crippen molar-refractivity contribution < 1.29 is 9.53 Å². The van der Waals surface area contributed by atoms with E-state index in [-0.39, 0.29) is 17.7 Å². The molecule has 0 saturated heterocycles. The minimum absolute atomic E-state index is 0.124. The lowest BCUT2D eigenvalue weighted by atomic mass is 10.1. The Balaban J connectivity index is 1.59. The maximum Gasteiger partial charge on any atom is 0.230 e. The fraction of sp³-hybridized carbons (Fsp3) is 0.211. The number of carbonyl (C=O) groups excluding carboxylic acids is 1. The van der Waals surface area contributed by atoms with Crippen LogP contribution in [0, 0.1) is 0 Å². The lowest BCUT2D eigenvalue weighted by molar-refractivity contribution is -0.119. The molecule has 9 heteroatoms. The van der Waals surface area contributed by atoms with E-state index >= 15 is 0 Å². The Labute approximate surface area is 172 Å². The number of hydrogen-bond acceptors (Lipinski definition) is 6. The van der Waals surface area contributed by atoms with Crippen molar-refractivity contribution in [2.45, 2.75) is 18.1 Å². The molecule has 3 N–H and O–H groups in total. The molecule has 2 aromatic carbocycles. The van der Waals surface area contributed by atoms with E-state index < -0.39 is 0 Å². The number of hydrogen-bond donors (Lipinski definition) is 2. The first-order valence-electron chi connectivity index (χ1n) is 8.50. The zero-order chi connectivity index (χ0) is 20.1. The van der Waals surface area contributed by atoms with Crippen molar-refractivity contribution in [1.29, 1.82) is 0 Å². The smallest absolute Gasteiger partial charge is 0.230 e. The summed E-state index contributed by atoms with van der Waals surface area (Å²) in [6.07, 6.45) is 0. The number of methoxy groups -OCH3 is 1. The molecule has 0 aliphatic rings. The van der Waals surface area contributed by atoms with Crippen molar-refractivity contribution in [3.63, 3.8) is 0 Å². The molecule has 0 bridgehead atoms. The Kier molecular flexibility index (Phi) is 6.43. The Morgan fingerprint density at radius 3 is 2.54 bits per heavy atom. The van der Waals surface area contributed by atoms with E-state index in [4.69, 9.17) is 22.2 Å². The normalized spacial score (nSPS) is 11.8. The van der Waals surface area contributed by atoms with Crippen molar-refractivity contribution in [3.05, 3.63) is 59.1 Å². The van der Waals surface area contributed by atoms with Gasteiger partial charge in [-0.25, -0.2) is 4.68 Å². The van der Waals surface area contributed by atoms with Gasteiger partial charge in [0.05, 0.1) is 18.9 Å². The fourth-order valence-electron chi connectivity index (χ4n) is 2.56. The van der Waals surface area contributed by atoms with E-state index in [1.807, 2.05) is 43.3 Å². The summed E-state index contributed by atoms with van der Waals surface area (Å²) in [5, 5.41) is 12.3. The largest absolute Gasteiger partial charge is 0.497 e. The van der Waals surface area contributed by atoms with E-state index in [2.05, 4.69) is 15.5 Å². The molecule has 7 nitrogen and oxygen atoms in total. The van der Waals surface area contributed by atoms with Gasteiger partial charge < -0.3 is 15.9 Å². The highest BCUT2D eigenvalue weighted by Gasteiger charge is 2.15. The molecule has 0 aliphatic heterocycles. The number of aromatic nitrogens is 3. The van der Waals surface area contributed by atoms with Gasteiger partial charge >= 0.3 is 0 Å². The van der Waals surface area contributed by atoms with Crippen molar-refractivity contribution in [2.75, 3.05) is 18.7 Å². The van der Waals surface area contributed by atoms with E-state index in [1.165, 1.54) is 16.4 Å². The number of nitrogens with two attached hydrogens (primary N) is 1. The number of nitrogens with zero attached hydrogens (tertiary/aromatic N) is 3. The highest BCUT2D eigenvalue weighted by Crippen LogP contribution is 2.23. The standard InChI is InChI=1S/C19H20ClN5O2S/c1-12(13-3-7-15(20)8-4-13)22-17(26)11-28-19-24-23-18(25(19)21)14-5-9-16(27-2)10-6-14/h3-10,12H,11,21H2,1-2H3,(H,22,26)/t12-/m0/s1. The topological polar surface area (TPSA) is 95.1 Å². The van der Waals surface area contributed by atoms with E-state index in [0.717, 1.165) is 16.9 Å². The van der Waals surface area contributed by atoms with Crippen molar-refractivity contribution >= 4 is 29.3 Å². The van der Waals surface area contributed by atoms with Gasteiger partial charge in [-0.2, -0.15) is 0 Å². The molecular weight excluding hydrogens is 398 g/mol. The number of rotatable bonds is 7. The van der Waals surface area contributed by atoms with Crippen LogP contribution >= 0.6 is 23.4 Å². The van der Waals surface area contributed by atoms with Crippen LogP contribution in [-0.2, 0) is 4.79 Å². The second kappa shape index (κ2) is 8.99. The molecule has 1 heterocycles. The number of amides is 1. The summed E-state index contributed by atoms with van der Waals surface area (Å²) in [7, 11) is 1.61. The number of nitrogens with one attached hydrogen (secondary N) is 1. The van der Waals surface area contributed by atoms with Gasteiger partial charge in [0.15, 0.2) is 5.82 Å². The van der Waals surface area contributed by atoms with Crippen LogP contribution in [0.1, 0.15) is 18.5 Å². The zero-order valence-corrected chi connectivity index (χ0v) is 17.0. The molecule has 146 valence electrons. The molecule has 1 amide bonds.